The first-order valence-corrected chi connectivity index (χ1v) is 14.1. The Labute approximate surface area is 238 Å². The Morgan fingerprint density at radius 1 is 1.22 bits per heavy atom. The summed E-state index contributed by atoms with van der Waals surface area (Å²) in [5.74, 6) is 0.919. The minimum atomic E-state index is -4.91. The van der Waals surface area contributed by atoms with Crippen molar-refractivity contribution in [1.29, 1.82) is 0 Å². The topological polar surface area (TPSA) is 103 Å². The van der Waals surface area contributed by atoms with Gasteiger partial charge in [0.2, 0.25) is 5.91 Å². The van der Waals surface area contributed by atoms with Gasteiger partial charge in [-0.25, -0.2) is 10.1 Å². The lowest BCUT2D eigenvalue weighted by atomic mass is 10.1. The number of thioether (sulfide) groups is 1. The highest BCUT2D eigenvalue weighted by Gasteiger charge is 2.39. The molecule has 2 aromatic heterocycles. The molecule has 1 unspecified atom stereocenters. The number of piperazine rings is 1. The summed E-state index contributed by atoms with van der Waals surface area (Å²) in [6.45, 7) is 4.31. The second-order valence-electron chi connectivity index (χ2n) is 10.0. The molecule has 0 saturated carbocycles. The average molecular weight is 622 g/mol. The summed E-state index contributed by atoms with van der Waals surface area (Å²) in [5, 5.41) is 6.31. The number of carbonyl (C=O) groups excluding carboxylic acids is 1. The van der Waals surface area contributed by atoms with Gasteiger partial charge in [-0.1, -0.05) is 0 Å². The number of nitrogens with one attached hydrogen (secondary N) is 2. The molecule has 2 N–H and O–H groups in total. The van der Waals surface area contributed by atoms with Crippen molar-refractivity contribution in [3.63, 3.8) is 0 Å². The van der Waals surface area contributed by atoms with Crippen molar-refractivity contribution in [2.24, 2.45) is 0 Å². The van der Waals surface area contributed by atoms with Gasteiger partial charge in [-0.2, -0.15) is 43.2 Å². The number of alkyl halides is 6. The summed E-state index contributed by atoms with van der Waals surface area (Å²) in [5.41, 5.74) is -3.61. The molecular weight excluding hydrogens is 594 g/mol. The SMILES string of the molecule is CC1SC[C@H]2CN(C(=O)CCOC[C@](C)([Si])Nc3cn[nH]c(=O)c3C(F)(F)F)CCN2c2ncc(C(F)(F)F)cc21. The first kappa shape index (κ1) is 31.1. The standard InChI is InChI=1S/C24H27F6N6O3SSi/c1-13-16-7-14(23(25,26)27)8-31-20(16)36-5-4-35(10-15(36)11-40-13)18(37)3-6-39-12-22(2,41)33-17-9-32-34-21(38)19(17)24(28,29)30/h7-9,13,15H,3-6,10-12H2,1-2H3,(H2,33,34,38)/t13?,15-,22+/m1/s1. The minimum absolute atomic E-state index is 0.0123. The quantitative estimate of drug-likeness (QED) is 0.276. The Kier molecular flexibility index (Phi) is 8.99. The van der Waals surface area contributed by atoms with Crippen molar-refractivity contribution in [2.45, 2.75) is 49.1 Å². The minimum Gasteiger partial charge on any atom is -0.379 e. The van der Waals surface area contributed by atoms with Crippen molar-refractivity contribution >= 4 is 39.4 Å². The third-order valence-corrected chi connectivity index (χ3v) is 8.31. The number of H-pyrrole nitrogens is 1. The fraction of sp³-hybridized carbons (Fsp3) is 0.583. The van der Waals surface area contributed by atoms with E-state index in [-0.39, 0.29) is 36.8 Å². The van der Waals surface area contributed by atoms with Crippen LogP contribution in [-0.4, -0.2) is 86.0 Å². The Bertz CT molecular complexity index is 1320. The van der Waals surface area contributed by atoms with Gasteiger partial charge < -0.3 is 19.9 Å². The van der Waals surface area contributed by atoms with Crippen LogP contribution < -0.4 is 15.8 Å². The van der Waals surface area contributed by atoms with Crippen LogP contribution in [0.4, 0.5) is 37.8 Å². The van der Waals surface area contributed by atoms with Crippen LogP contribution in [0.25, 0.3) is 0 Å². The molecule has 1 fully saturated rings. The van der Waals surface area contributed by atoms with Crippen LogP contribution in [0.2, 0.25) is 0 Å². The number of amides is 1. The smallest absolute Gasteiger partial charge is 0.379 e. The molecule has 0 spiro atoms. The van der Waals surface area contributed by atoms with Gasteiger partial charge in [-0.3, -0.25) is 9.59 Å². The summed E-state index contributed by atoms with van der Waals surface area (Å²) < 4.78 is 85.2. The van der Waals surface area contributed by atoms with Gasteiger partial charge in [0.1, 0.15) is 11.4 Å². The van der Waals surface area contributed by atoms with E-state index in [9.17, 15) is 35.9 Å². The summed E-state index contributed by atoms with van der Waals surface area (Å²) >= 11 is 1.51. The molecule has 2 aromatic rings. The third-order valence-electron chi connectivity index (χ3n) is 6.71. The van der Waals surface area contributed by atoms with E-state index in [0.717, 1.165) is 18.5 Å². The second kappa shape index (κ2) is 11.8. The predicted molar refractivity (Wildman–Crippen MR) is 141 cm³/mol. The van der Waals surface area contributed by atoms with Gasteiger partial charge in [-0.15, -0.1) is 0 Å². The fourth-order valence-electron chi connectivity index (χ4n) is 4.72. The maximum absolute atomic E-state index is 13.3. The van der Waals surface area contributed by atoms with Crippen molar-refractivity contribution in [3.8, 4) is 0 Å². The van der Waals surface area contributed by atoms with Gasteiger partial charge in [0.05, 0.1) is 53.4 Å². The maximum atomic E-state index is 13.3. The Balaban J connectivity index is 1.31. The summed E-state index contributed by atoms with van der Waals surface area (Å²) in [7, 11) is 3.31. The van der Waals surface area contributed by atoms with Gasteiger partial charge in [0.15, 0.2) is 0 Å². The number of aromatic nitrogens is 3. The zero-order valence-electron chi connectivity index (χ0n) is 22.0. The third kappa shape index (κ3) is 7.35. The lowest BCUT2D eigenvalue weighted by Crippen LogP contribution is -2.56. The van der Waals surface area contributed by atoms with Crippen LogP contribution in [-0.2, 0) is 21.9 Å². The number of ether oxygens (including phenoxy) is 1. The fourth-order valence-corrected chi connectivity index (χ4v) is 6.10. The summed E-state index contributed by atoms with van der Waals surface area (Å²) in [4.78, 5) is 32.4. The molecule has 41 heavy (non-hydrogen) atoms. The highest BCUT2D eigenvalue weighted by atomic mass is 32.2. The van der Waals surface area contributed by atoms with Crippen molar-refractivity contribution in [3.05, 3.63) is 45.5 Å². The molecule has 0 bridgehead atoms. The Morgan fingerprint density at radius 3 is 2.63 bits per heavy atom. The zero-order valence-corrected chi connectivity index (χ0v) is 23.8. The van der Waals surface area contributed by atoms with E-state index in [1.54, 1.807) is 10.00 Å². The van der Waals surface area contributed by atoms with E-state index in [4.69, 9.17) is 4.74 Å². The molecule has 0 aromatic carbocycles. The number of halogens is 6. The molecule has 0 aliphatic carbocycles. The number of anilines is 2. The van der Waals surface area contributed by atoms with Gasteiger partial charge in [-0.05, 0) is 19.9 Å². The summed E-state index contributed by atoms with van der Waals surface area (Å²) in [6.07, 6.45) is -7.69. The van der Waals surface area contributed by atoms with Crippen LogP contribution in [0, 0.1) is 0 Å². The molecule has 9 nitrogen and oxygen atoms in total. The largest absolute Gasteiger partial charge is 0.423 e. The molecule has 3 radical (unpaired) electrons. The molecular formula is C24H27F6N6O3SSi. The highest BCUT2D eigenvalue weighted by molar-refractivity contribution is 7.99. The number of nitrogens with zero attached hydrogens (tertiary/aromatic N) is 4. The van der Waals surface area contributed by atoms with Crippen LogP contribution in [0.5, 0.6) is 0 Å². The number of pyridine rings is 1. The van der Waals surface area contributed by atoms with E-state index < -0.39 is 39.9 Å². The Hall–Kier alpha value is -2.79. The molecule has 4 rings (SSSR count). The summed E-state index contributed by atoms with van der Waals surface area (Å²) in [6, 6.07) is 1.02. The zero-order chi connectivity index (χ0) is 30.2. The van der Waals surface area contributed by atoms with E-state index in [0.29, 0.717) is 36.8 Å². The van der Waals surface area contributed by atoms with Crippen LogP contribution in [0.15, 0.2) is 23.3 Å². The molecule has 223 valence electrons. The van der Waals surface area contributed by atoms with Crippen LogP contribution in [0.1, 0.15) is 42.2 Å². The molecule has 2 aliphatic heterocycles. The van der Waals surface area contributed by atoms with Gasteiger partial charge in [0, 0.05) is 47.6 Å². The van der Waals surface area contributed by atoms with Crippen molar-refractivity contribution in [1.82, 2.24) is 20.1 Å². The number of hydrogen-bond acceptors (Lipinski definition) is 8. The Morgan fingerprint density at radius 2 is 1.95 bits per heavy atom. The van der Waals surface area contributed by atoms with Crippen LogP contribution in [0.3, 0.4) is 0 Å². The molecule has 4 heterocycles. The predicted octanol–water partition coefficient (Wildman–Crippen LogP) is 3.43. The number of hydrogen-bond donors (Lipinski definition) is 2. The molecule has 1 saturated heterocycles. The van der Waals surface area contributed by atoms with Crippen molar-refractivity contribution < 1.29 is 35.9 Å². The first-order valence-electron chi connectivity index (χ1n) is 12.6. The van der Waals surface area contributed by atoms with E-state index in [1.165, 1.54) is 18.7 Å². The lowest BCUT2D eigenvalue weighted by molar-refractivity contribution is -0.138. The van der Waals surface area contributed by atoms with E-state index >= 15 is 0 Å². The number of aromatic amines is 1. The molecule has 1 amide bonds. The number of rotatable bonds is 7. The highest BCUT2D eigenvalue weighted by Crippen LogP contribution is 2.42. The van der Waals surface area contributed by atoms with Gasteiger partial charge in [0.25, 0.3) is 5.56 Å². The van der Waals surface area contributed by atoms with Crippen LogP contribution >= 0.6 is 11.8 Å². The van der Waals surface area contributed by atoms with Gasteiger partial charge >= 0.3 is 12.4 Å². The molecule has 3 atom stereocenters. The molecule has 17 heteroatoms. The lowest BCUT2D eigenvalue weighted by Gasteiger charge is -2.41. The molecule has 2 aliphatic rings. The maximum Gasteiger partial charge on any atom is 0.423 e. The first-order chi connectivity index (χ1) is 19.1. The van der Waals surface area contributed by atoms with E-state index in [2.05, 4.69) is 25.6 Å². The normalized spacial score (nSPS) is 21.0. The van der Waals surface area contributed by atoms with E-state index in [1.807, 2.05) is 11.8 Å². The average Bonchev–Trinajstić information content (AvgIpc) is 3.01. The second-order valence-corrected chi connectivity index (χ2v) is 12.5. The van der Waals surface area contributed by atoms with Crippen molar-refractivity contribution in [2.75, 3.05) is 48.8 Å². The monoisotopic (exact) mass is 621 g/mol. The number of fused-ring (bicyclic) bond motifs is 3. The number of carbonyl (C=O) groups is 1.